The number of hydrogen-bond acceptors (Lipinski definition) is 3. The van der Waals surface area contributed by atoms with Crippen LogP contribution in [0, 0.1) is 0 Å². The highest BCUT2D eigenvalue weighted by Crippen LogP contribution is 2.20. The Morgan fingerprint density at radius 1 is 1.41 bits per heavy atom. The van der Waals surface area contributed by atoms with Gasteiger partial charge in [-0.1, -0.05) is 30.4 Å². The normalized spacial score (nSPS) is 19.2. The lowest BCUT2D eigenvalue weighted by Gasteiger charge is -2.15. The Morgan fingerprint density at radius 3 is 2.65 bits per heavy atom. The summed E-state index contributed by atoms with van der Waals surface area (Å²) in [5.74, 6) is -0.0992. The van der Waals surface area contributed by atoms with Crippen molar-refractivity contribution < 1.29 is 4.79 Å². The number of nitrogens with one attached hydrogen (secondary N) is 1. The monoisotopic (exact) mass is 247 g/mol. The molecule has 0 saturated heterocycles. The van der Waals surface area contributed by atoms with E-state index < -0.39 is 6.04 Å². The largest absolute Gasteiger partial charge is 0.364 e. The molecule has 88 valence electrons. The Kier molecular flexibility index (Phi) is 3.19. The van der Waals surface area contributed by atoms with E-state index in [0.29, 0.717) is 4.99 Å². The number of hydrazone groups is 1. The molecule has 17 heavy (non-hydrogen) atoms. The molecule has 1 aromatic rings. The highest BCUT2D eigenvalue weighted by Gasteiger charge is 2.34. The fourth-order valence-corrected chi connectivity index (χ4v) is 1.81. The van der Waals surface area contributed by atoms with Crippen LogP contribution in [-0.4, -0.2) is 22.6 Å². The van der Waals surface area contributed by atoms with Crippen molar-refractivity contribution in [1.82, 2.24) is 5.32 Å². The maximum absolute atomic E-state index is 12.1. The van der Waals surface area contributed by atoms with Crippen molar-refractivity contribution in [3.05, 3.63) is 30.3 Å². The molecular weight excluding hydrogens is 234 g/mol. The van der Waals surface area contributed by atoms with Crippen molar-refractivity contribution in [3.63, 3.8) is 0 Å². The summed E-state index contributed by atoms with van der Waals surface area (Å²) in [5, 5.41) is 8.61. The fourth-order valence-electron chi connectivity index (χ4n) is 1.69. The van der Waals surface area contributed by atoms with Gasteiger partial charge >= 0.3 is 0 Å². The summed E-state index contributed by atoms with van der Waals surface area (Å²) in [6, 6.07) is 8.91. The van der Waals surface area contributed by atoms with Crippen LogP contribution >= 0.6 is 12.2 Å². The van der Waals surface area contributed by atoms with Gasteiger partial charge < -0.3 is 5.32 Å². The summed E-state index contributed by atoms with van der Waals surface area (Å²) in [7, 11) is 0. The number of hydrogen-bond donors (Lipinski definition) is 1. The van der Waals surface area contributed by atoms with Gasteiger partial charge in [-0.2, -0.15) is 10.1 Å². The molecule has 0 radical (unpaired) electrons. The van der Waals surface area contributed by atoms with Crippen molar-refractivity contribution in [1.29, 1.82) is 0 Å². The van der Waals surface area contributed by atoms with Gasteiger partial charge in [-0.25, -0.2) is 0 Å². The SMILES string of the molecule is CC(=S)NC1C(=O)N(c2ccccc2)N=C1C. The smallest absolute Gasteiger partial charge is 0.275 e. The molecule has 1 aliphatic rings. The zero-order valence-electron chi connectivity index (χ0n) is 9.68. The molecule has 1 unspecified atom stereocenters. The molecule has 1 N–H and O–H groups in total. The minimum Gasteiger partial charge on any atom is -0.364 e. The number of carbonyl (C=O) groups excluding carboxylic acids is 1. The van der Waals surface area contributed by atoms with Gasteiger partial charge in [-0.15, -0.1) is 0 Å². The van der Waals surface area contributed by atoms with Crippen LogP contribution in [-0.2, 0) is 4.79 Å². The number of benzene rings is 1. The molecule has 0 fully saturated rings. The van der Waals surface area contributed by atoms with Crippen LogP contribution < -0.4 is 10.3 Å². The number of thiocarbonyl (C=S) groups is 1. The molecule has 0 aliphatic carbocycles. The maximum atomic E-state index is 12.1. The van der Waals surface area contributed by atoms with E-state index in [-0.39, 0.29) is 5.91 Å². The minimum absolute atomic E-state index is 0.0992. The van der Waals surface area contributed by atoms with Crippen molar-refractivity contribution in [3.8, 4) is 0 Å². The van der Waals surface area contributed by atoms with Crippen molar-refractivity contribution in [2.45, 2.75) is 19.9 Å². The second kappa shape index (κ2) is 4.63. The van der Waals surface area contributed by atoms with E-state index in [9.17, 15) is 4.79 Å². The summed E-state index contributed by atoms with van der Waals surface area (Å²) < 4.78 is 0. The van der Waals surface area contributed by atoms with Gasteiger partial charge in [0, 0.05) is 0 Å². The van der Waals surface area contributed by atoms with Crippen LogP contribution in [0.1, 0.15) is 13.8 Å². The molecule has 0 saturated carbocycles. The van der Waals surface area contributed by atoms with E-state index >= 15 is 0 Å². The van der Waals surface area contributed by atoms with Gasteiger partial charge in [-0.05, 0) is 26.0 Å². The number of amides is 1. The maximum Gasteiger partial charge on any atom is 0.275 e. The average Bonchev–Trinajstić information content (AvgIpc) is 2.58. The van der Waals surface area contributed by atoms with Crippen LogP contribution in [0.2, 0.25) is 0 Å². The van der Waals surface area contributed by atoms with Gasteiger partial charge in [0.15, 0.2) is 0 Å². The molecule has 5 heteroatoms. The van der Waals surface area contributed by atoms with Crippen LogP contribution in [0.3, 0.4) is 0 Å². The number of carbonyl (C=O) groups is 1. The molecule has 0 bridgehead atoms. The topological polar surface area (TPSA) is 44.7 Å². The second-order valence-corrected chi connectivity index (χ2v) is 4.47. The lowest BCUT2D eigenvalue weighted by atomic mass is 10.2. The Bertz CT molecular complexity index is 484. The zero-order valence-corrected chi connectivity index (χ0v) is 10.5. The van der Waals surface area contributed by atoms with E-state index in [0.717, 1.165) is 11.4 Å². The first-order chi connectivity index (χ1) is 8.09. The van der Waals surface area contributed by atoms with Gasteiger partial charge in [0.05, 0.1) is 16.4 Å². The molecule has 1 aliphatic heterocycles. The molecule has 2 rings (SSSR count). The summed E-state index contributed by atoms with van der Waals surface area (Å²) in [6.45, 7) is 3.57. The lowest BCUT2D eigenvalue weighted by molar-refractivity contribution is -0.118. The first kappa shape index (κ1) is 11.7. The summed E-state index contributed by atoms with van der Waals surface area (Å²) in [6.07, 6.45) is 0. The van der Waals surface area contributed by atoms with Crippen LogP contribution in [0.15, 0.2) is 35.4 Å². The third kappa shape index (κ3) is 2.34. The molecule has 0 aromatic heterocycles. The molecular formula is C12H13N3OS. The van der Waals surface area contributed by atoms with E-state index in [1.807, 2.05) is 37.3 Å². The number of rotatable bonds is 2. The Morgan fingerprint density at radius 2 is 2.06 bits per heavy atom. The van der Waals surface area contributed by atoms with Gasteiger partial charge in [0.25, 0.3) is 5.91 Å². The van der Waals surface area contributed by atoms with Gasteiger partial charge in [-0.3, -0.25) is 4.79 Å². The van der Waals surface area contributed by atoms with E-state index in [4.69, 9.17) is 12.2 Å². The Hall–Kier alpha value is -1.75. The summed E-state index contributed by atoms with van der Waals surface area (Å²) in [5.41, 5.74) is 1.49. The summed E-state index contributed by atoms with van der Waals surface area (Å²) >= 11 is 4.96. The van der Waals surface area contributed by atoms with E-state index in [1.54, 1.807) is 6.92 Å². The van der Waals surface area contributed by atoms with Gasteiger partial charge in [0.1, 0.15) is 6.04 Å². The zero-order chi connectivity index (χ0) is 12.4. The summed E-state index contributed by atoms with van der Waals surface area (Å²) in [4.78, 5) is 12.7. The van der Waals surface area contributed by atoms with Crippen LogP contribution in [0.25, 0.3) is 0 Å². The third-order valence-corrected chi connectivity index (χ3v) is 2.60. The standard InChI is InChI=1S/C12H13N3OS/c1-8-11(13-9(2)17)12(16)15(14-8)10-6-4-3-5-7-10/h3-7,11H,1-2H3,(H,13,17). The van der Waals surface area contributed by atoms with Gasteiger partial charge in [0.2, 0.25) is 0 Å². The highest BCUT2D eigenvalue weighted by molar-refractivity contribution is 7.80. The Labute approximate surface area is 105 Å². The minimum atomic E-state index is -0.437. The molecule has 1 aromatic carbocycles. The third-order valence-electron chi connectivity index (χ3n) is 2.48. The average molecular weight is 247 g/mol. The quantitative estimate of drug-likeness (QED) is 0.809. The second-order valence-electron chi connectivity index (χ2n) is 3.86. The predicted octanol–water partition coefficient (Wildman–Crippen LogP) is 1.71. The first-order valence-electron chi connectivity index (χ1n) is 5.31. The fraction of sp³-hybridized carbons (Fsp3) is 0.250. The van der Waals surface area contributed by atoms with Crippen LogP contribution in [0.4, 0.5) is 5.69 Å². The first-order valence-corrected chi connectivity index (χ1v) is 5.71. The predicted molar refractivity (Wildman–Crippen MR) is 72.2 cm³/mol. The van der Waals surface area contributed by atoms with Crippen molar-refractivity contribution >= 4 is 34.5 Å². The number of anilines is 1. The van der Waals surface area contributed by atoms with E-state index in [1.165, 1.54) is 5.01 Å². The molecule has 1 atom stereocenters. The molecule has 1 amide bonds. The van der Waals surface area contributed by atoms with Crippen LogP contribution in [0.5, 0.6) is 0 Å². The lowest BCUT2D eigenvalue weighted by Crippen LogP contribution is -2.44. The molecule has 0 spiro atoms. The van der Waals surface area contributed by atoms with E-state index in [2.05, 4.69) is 10.4 Å². The van der Waals surface area contributed by atoms with Crippen molar-refractivity contribution in [2.24, 2.45) is 5.10 Å². The van der Waals surface area contributed by atoms with Crippen molar-refractivity contribution in [2.75, 3.05) is 5.01 Å². The molecule has 4 nitrogen and oxygen atoms in total. The number of para-hydroxylation sites is 1. The molecule has 1 heterocycles. The Balaban J connectivity index is 2.24. The highest BCUT2D eigenvalue weighted by atomic mass is 32.1. The number of nitrogens with zero attached hydrogens (tertiary/aromatic N) is 2.